The minimum atomic E-state index is -4.08. The van der Waals surface area contributed by atoms with Crippen molar-refractivity contribution in [2.24, 2.45) is 5.10 Å². The number of amides is 2. The van der Waals surface area contributed by atoms with E-state index < -0.39 is 22.5 Å². The van der Waals surface area contributed by atoms with Crippen molar-refractivity contribution in [2.75, 3.05) is 30.6 Å². The van der Waals surface area contributed by atoms with Gasteiger partial charge in [-0.2, -0.15) is 5.10 Å². The van der Waals surface area contributed by atoms with Crippen molar-refractivity contribution in [2.45, 2.75) is 30.8 Å². The molecule has 1 saturated heterocycles. The Morgan fingerprint density at radius 1 is 1.07 bits per heavy atom. The first-order valence-corrected chi connectivity index (χ1v) is 14.8. The second-order valence-electron chi connectivity index (χ2n) is 9.30. The van der Waals surface area contributed by atoms with Crippen LogP contribution >= 0.6 is 11.6 Å². The fourth-order valence-electron chi connectivity index (χ4n) is 4.11. The number of carbonyl (C=O) groups is 2. The minimum Gasteiger partial charge on any atom is -0.484 e. The highest BCUT2D eigenvalue weighted by Gasteiger charge is 2.28. The first-order valence-electron chi connectivity index (χ1n) is 13.0. The van der Waals surface area contributed by atoms with Crippen LogP contribution in [0, 0.1) is 6.92 Å². The van der Waals surface area contributed by atoms with E-state index >= 15 is 0 Å². The Bertz CT molecular complexity index is 1480. The molecule has 10 nitrogen and oxygen atoms in total. The summed E-state index contributed by atoms with van der Waals surface area (Å²) in [6.07, 6.45) is 3.43. The smallest absolute Gasteiger partial charge is 0.264 e. The highest BCUT2D eigenvalue weighted by molar-refractivity contribution is 7.92. The van der Waals surface area contributed by atoms with Crippen LogP contribution in [0.3, 0.4) is 0 Å². The van der Waals surface area contributed by atoms with Gasteiger partial charge in [-0.15, -0.1) is 0 Å². The van der Waals surface area contributed by atoms with E-state index in [1.165, 1.54) is 18.3 Å². The van der Waals surface area contributed by atoms with E-state index in [1.54, 1.807) is 67.6 Å². The molecule has 1 aliphatic rings. The number of ether oxygens (including phenoxy) is 2. The van der Waals surface area contributed by atoms with Crippen LogP contribution in [0.2, 0.25) is 5.02 Å². The first-order chi connectivity index (χ1) is 19.7. The molecule has 216 valence electrons. The molecule has 0 bridgehead atoms. The zero-order valence-electron chi connectivity index (χ0n) is 22.5. The predicted octanol–water partition coefficient (Wildman–Crippen LogP) is 3.67. The quantitative estimate of drug-likeness (QED) is 0.242. The summed E-state index contributed by atoms with van der Waals surface area (Å²) < 4.78 is 39.0. The fraction of sp³-hybridized carbons (Fsp3) is 0.276. The lowest BCUT2D eigenvalue weighted by atomic mass is 10.2. The van der Waals surface area contributed by atoms with Crippen LogP contribution in [-0.4, -0.2) is 58.9 Å². The van der Waals surface area contributed by atoms with Gasteiger partial charge < -0.3 is 14.8 Å². The number of hydrogen-bond donors (Lipinski definition) is 2. The maximum absolute atomic E-state index is 13.5. The van der Waals surface area contributed by atoms with Gasteiger partial charge in [0.15, 0.2) is 6.61 Å². The van der Waals surface area contributed by atoms with Crippen molar-refractivity contribution in [3.8, 4) is 5.75 Å². The van der Waals surface area contributed by atoms with Crippen LogP contribution in [0.5, 0.6) is 5.75 Å². The van der Waals surface area contributed by atoms with E-state index in [1.807, 2.05) is 0 Å². The molecule has 2 amide bonds. The second kappa shape index (κ2) is 14.1. The number of hydrazone groups is 1. The van der Waals surface area contributed by atoms with Crippen LogP contribution < -0.4 is 19.8 Å². The van der Waals surface area contributed by atoms with E-state index in [-0.39, 0.29) is 29.2 Å². The number of benzene rings is 3. The number of sulfonamides is 1. The molecule has 0 spiro atoms. The summed E-state index contributed by atoms with van der Waals surface area (Å²) in [5, 5.41) is 7.13. The van der Waals surface area contributed by atoms with E-state index in [4.69, 9.17) is 21.1 Å². The van der Waals surface area contributed by atoms with Crippen LogP contribution in [0.4, 0.5) is 5.69 Å². The van der Waals surface area contributed by atoms with Crippen LogP contribution in [0.25, 0.3) is 0 Å². The number of carbonyl (C=O) groups excluding carboxylic acids is 2. The first kappa shape index (κ1) is 30.0. The maximum atomic E-state index is 13.5. The summed E-state index contributed by atoms with van der Waals surface area (Å²) in [4.78, 5) is 24.8. The molecule has 1 fully saturated rings. The largest absolute Gasteiger partial charge is 0.484 e. The van der Waals surface area contributed by atoms with Gasteiger partial charge in [0.2, 0.25) is 0 Å². The molecule has 4 rings (SSSR count). The Kier molecular flexibility index (Phi) is 10.3. The van der Waals surface area contributed by atoms with Gasteiger partial charge in [-0.25, -0.2) is 13.8 Å². The Labute approximate surface area is 244 Å². The Morgan fingerprint density at radius 2 is 1.83 bits per heavy atom. The molecule has 0 saturated carbocycles. The Balaban J connectivity index is 1.34. The summed E-state index contributed by atoms with van der Waals surface area (Å²) in [6.45, 7) is 2.25. The molecule has 0 aliphatic carbocycles. The summed E-state index contributed by atoms with van der Waals surface area (Å²) in [7, 11) is -4.08. The van der Waals surface area contributed by atoms with Crippen molar-refractivity contribution >= 4 is 45.3 Å². The molecular formula is C29H31ClN4O6S. The van der Waals surface area contributed by atoms with Crippen LogP contribution in [0.1, 0.15) is 24.0 Å². The lowest BCUT2D eigenvalue weighted by molar-refractivity contribution is -0.123. The van der Waals surface area contributed by atoms with Crippen molar-refractivity contribution in [1.29, 1.82) is 0 Å². The van der Waals surface area contributed by atoms with E-state index in [0.29, 0.717) is 28.4 Å². The molecule has 12 heteroatoms. The average Bonchev–Trinajstić information content (AvgIpc) is 3.50. The molecule has 0 radical (unpaired) electrons. The molecular weight excluding hydrogens is 568 g/mol. The molecule has 0 unspecified atom stereocenters. The zero-order valence-corrected chi connectivity index (χ0v) is 24.0. The minimum absolute atomic E-state index is 0.0401. The molecule has 3 aromatic carbocycles. The van der Waals surface area contributed by atoms with Crippen molar-refractivity contribution in [3.63, 3.8) is 0 Å². The second-order valence-corrected chi connectivity index (χ2v) is 11.6. The summed E-state index contributed by atoms with van der Waals surface area (Å²) in [6, 6.07) is 19.5. The molecule has 0 aromatic heterocycles. The van der Waals surface area contributed by atoms with E-state index in [2.05, 4.69) is 15.8 Å². The molecule has 1 aliphatic heterocycles. The van der Waals surface area contributed by atoms with E-state index in [0.717, 1.165) is 23.8 Å². The highest BCUT2D eigenvalue weighted by atomic mass is 35.5. The molecule has 41 heavy (non-hydrogen) atoms. The zero-order chi connectivity index (χ0) is 29.2. The number of halogens is 1. The van der Waals surface area contributed by atoms with Crippen LogP contribution in [-0.2, 0) is 24.3 Å². The lowest BCUT2D eigenvalue weighted by Gasteiger charge is -2.25. The van der Waals surface area contributed by atoms with Gasteiger partial charge in [0, 0.05) is 18.2 Å². The van der Waals surface area contributed by atoms with E-state index in [9.17, 15) is 18.0 Å². The average molecular weight is 599 g/mol. The van der Waals surface area contributed by atoms with Gasteiger partial charge in [-0.3, -0.25) is 13.9 Å². The number of anilines is 1. The Morgan fingerprint density at radius 3 is 2.54 bits per heavy atom. The normalized spacial score (nSPS) is 15.0. The third-order valence-corrected chi connectivity index (χ3v) is 8.51. The van der Waals surface area contributed by atoms with Gasteiger partial charge in [0.1, 0.15) is 12.3 Å². The molecule has 3 aromatic rings. The summed E-state index contributed by atoms with van der Waals surface area (Å²) >= 11 is 6.25. The molecule has 1 heterocycles. The third-order valence-electron chi connectivity index (χ3n) is 6.33. The number of hydrogen-bond acceptors (Lipinski definition) is 7. The van der Waals surface area contributed by atoms with Gasteiger partial charge >= 0.3 is 0 Å². The van der Waals surface area contributed by atoms with Crippen molar-refractivity contribution < 1.29 is 27.5 Å². The third kappa shape index (κ3) is 8.29. The Hall–Kier alpha value is -3.93. The molecule has 1 atom stereocenters. The molecule has 2 N–H and O–H groups in total. The number of nitrogens with zero attached hydrogens (tertiary/aromatic N) is 2. The van der Waals surface area contributed by atoms with Crippen molar-refractivity contribution in [1.82, 2.24) is 10.7 Å². The number of rotatable bonds is 12. The monoisotopic (exact) mass is 598 g/mol. The highest BCUT2D eigenvalue weighted by Crippen LogP contribution is 2.30. The van der Waals surface area contributed by atoms with Gasteiger partial charge in [-0.1, -0.05) is 35.9 Å². The SMILES string of the molecule is Cc1c(Cl)cccc1N(CC(=O)N/N=C\c1ccc(OCC(=O)NC[C@H]2CCCO2)cc1)S(=O)(=O)c1ccccc1. The van der Waals surface area contributed by atoms with Crippen LogP contribution in [0.15, 0.2) is 82.8 Å². The van der Waals surface area contributed by atoms with Gasteiger partial charge in [0.25, 0.3) is 21.8 Å². The predicted molar refractivity (Wildman–Crippen MR) is 157 cm³/mol. The maximum Gasteiger partial charge on any atom is 0.264 e. The standard InChI is InChI=1S/C29H31ClN4O6S/c1-21-26(30)10-5-11-27(21)34(41(37,38)25-8-3-2-4-9-25)19-28(35)33-32-17-22-12-14-23(15-13-22)40-20-29(36)31-18-24-7-6-16-39-24/h2-5,8-15,17,24H,6-7,16,18-20H2,1H3,(H,31,36)(H,33,35)/b32-17-/t24-/m1/s1. The van der Waals surface area contributed by atoms with Gasteiger partial charge in [0.05, 0.1) is 22.9 Å². The van der Waals surface area contributed by atoms with Gasteiger partial charge in [-0.05, 0) is 79.4 Å². The number of nitrogens with one attached hydrogen (secondary N) is 2. The summed E-state index contributed by atoms with van der Waals surface area (Å²) in [5.41, 5.74) is 3.84. The fourth-order valence-corrected chi connectivity index (χ4v) is 5.78. The lowest BCUT2D eigenvalue weighted by Crippen LogP contribution is -2.40. The topological polar surface area (TPSA) is 126 Å². The summed E-state index contributed by atoms with van der Waals surface area (Å²) in [5.74, 6) is -0.378. The van der Waals surface area contributed by atoms with Crippen molar-refractivity contribution in [3.05, 3.63) is 88.9 Å².